The first-order valence-electron chi connectivity index (χ1n) is 19.4. The van der Waals surface area contributed by atoms with Gasteiger partial charge < -0.3 is 20.1 Å². The molecule has 0 bridgehead atoms. The second kappa shape index (κ2) is 15.7. The third kappa shape index (κ3) is 6.96. The first-order chi connectivity index (χ1) is 27.0. The van der Waals surface area contributed by atoms with Crippen LogP contribution in [0.4, 0.5) is 32.8 Å². The number of hydrogen-bond donors (Lipinski definition) is 1. The highest BCUT2D eigenvalue weighted by molar-refractivity contribution is 7.23. The molecule has 5 heterocycles. The number of alkyl halides is 3. The van der Waals surface area contributed by atoms with Crippen LogP contribution in [0.3, 0.4) is 0 Å². The molecule has 2 fully saturated rings. The second-order valence-electron chi connectivity index (χ2n) is 16.4. The Hall–Kier alpha value is -3.89. The normalized spacial score (nSPS) is 21.1. The monoisotopic (exact) mass is 844 g/mol. The van der Waals surface area contributed by atoms with E-state index in [0.29, 0.717) is 13.0 Å². The Morgan fingerprint density at radius 2 is 1.84 bits per heavy atom. The van der Waals surface area contributed by atoms with Gasteiger partial charge in [-0.25, -0.2) is 22.0 Å². The minimum atomic E-state index is -2.68. The summed E-state index contributed by atoms with van der Waals surface area (Å²) < 4.78 is 88.5. The zero-order valence-corrected chi connectivity index (χ0v) is 35.4. The van der Waals surface area contributed by atoms with Gasteiger partial charge in [0.2, 0.25) is 6.43 Å². The summed E-state index contributed by atoms with van der Waals surface area (Å²) in [5.74, 6) is 1.88. The lowest BCUT2D eigenvalue weighted by Crippen LogP contribution is -2.45. The number of halogens is 6. The standard InChI is InChI=1S/C41H46ClF5N6O2SSi/c1-21(2)57(22(3)4,23(5)6)15-11-25-19-54-36-32-35(34(47)31(33(36)42)26-8-9-28(44)37-30(26)27(17-48)38(49)56-37)50-40(51-39(32)53(25)14-10-29(45)46)55-20-41-12-7-13-52(41)18-24(43)16-41/h8-9,21-25,29H,7,10,12-14,16,18-20,49H2,1-6H3/t24-,25+,41+/m1/s1. The molecule has 0 radical (unpaired) electrons. The first kappa shape index (κ1) is 41.3. The summed E-state index contributed by atoms with van der Waals surface area (Å²) in [6.45, 7) is 13.7. The number of fused-ring (bicyclic) bond motifs is 2. The fourth-order valence-corrected chi connectivity index (χ4v) is 16.3. The van der Waals surface area contributed by atoms with Crippen LogP contribution < -0.4 is 20.1 Å². The van der Waals surface area contributed by atoms with Gasteiger partial charge in [-0.05, 0) is 47.6 Å². The molecule has 0 unspecified atom stereocenters. The summed E-state index contributed by atoms with van der Waals surface area (Å²) in [7, 11) is -2.35. The van der Waals surface area contributed by atoms with Crippen molar-refractivity contribution in [2.75, 3.05) is 43.5 Å². The number of thiophene rings is 1. The number of nitrogen functional groups attached to an aromatic ring is 1. The van der Waals surface area contributed by atoms with Crippen LogP contribution in [-0.2, 0) is 0 Å². The molecule has 2 N–H and O–H groups in total. The maximum atomic E-state index is 17.5. The van der Waals surface area contributed by atoms with Crippen molar-refractivity contribution in [2.45, 2.75) is 108 Å². The number of aromatic nitrogens is 2. The highest BCUT2D eigenvalue weighted by Crippen LogP contribution is 2.51. The zero-order chi connectivity index (χ0) is 41.1. The van der Waals surface area contributed by atoms with E-state index >= 15 is 8.78 Å². The molecule has 0 aliphatic carbocycles. The van der Waals surface area contributed by atoms with Crippen molar-refractivity contribution >= 4 is 62.8 Å². The number of anilines is 2. The molecule has 304 valence electrons. The number of nitrogens with two attached hydrogens (primary N) is 1. The molecule has 0 spiro atoms. The van der Waals surface area contributed by atoms with Crippen molar-refractivity contribution in [3.63, 3.8) is 0 Å². The van der Waals surface area contributed by atoms with Crippen LogP contribution in [0.1, 0.15) is 72.8 Å². The molecule has 7 rings (SSSR count). The topological polar surface area (TPSA) is 101 Å². The summed E-state index contributed by atoms with van der Waals surface area (Å²) in [6, 6.07) is 3.42. The van der Waals surface area contributed by atoms with Crippen LogP contribution in [0.15, 0.2) is 12.1 Å². The lowest BCUT2D eigenvalue weighted by atomic mass is 9.95. The summed E-state index contributed by atoms with van der Waals surface area (Å²) in [6.07, 6.45) is -2.45. The number of benzene rings is 2. The van der Waals surface area contributed by atoms with E-state index in [2.05, 4.69) is 62.9 Å². The van der Waals surface area contributed by atoms with E-state index in [9.17, 15) is 18.4 Å². The highest BCUT2D eigenvalue weighted by Gasteiger charge is 2.49. The highest BCUT2D eigenvalue weighted by atomic mass is 35.5. The van der Waals surface area contributed by atoms with Crippen LogP contribution in [0.25, 0.3) is 32.1 Å². The van der Waals surface area contributed by atoms with Gasteiger partial charge in [-0.15, -0.1) is 16.9 Å². The zero-order valence-electron chi connectivity index (χ0n) is 32.8. The smallest absolute Gasteiger partial charge is 0.319 e. The Morgan fingerprint density at radius 3 is 2.51 bits per heavy atom. The minimum Gasteiger partial charge on any atom is -0.488 e. The number of hydrogen-bond acceptors (Lipinski definition) is 9. The van der Waals surface area contributed by atoms with E-state index in [1.54, 1.807) is 4.90 Å². The molecule has 0 saturated carbocycles. The van der Waals surface area contributed by atoms with Crippen molar-refractivity contribution in [3.05, 3.63) is 34.4 Å². The van der Waals surface area contributed by atoms with Gasteiger partial charge >= 0.3 is 6.01 Å². The molecule has 3 aliphatic rings. The summed E-state index contributed by atoms with van der Waals surface area (Å²) in [5, 5.41) is 10.0. The quantitative estimate of drug-likeness (QED) is 0.0957. The second-order valence-corrected chi connectivity index (χ2v) is 23.4. The molecular weight excluding hydrogens is 799 g/mol. The van der Waals surface area contributed by atoms with Crippen LogP contribution >= 0.6 is 22.9 Å². The van der Waals surface area contributed by atoms with Gasteiger partial charge in [0.15, 0.2) is 11.6 Å². The van der Waals surface area contributed by atoms with E-state index in [1.165, 1.54) is 6.07 Å². The Labute approximate surface area is 339 Å². The summed E-state index contributed by atoms with van der Waals surface area (Å²) in [4.78, 5) is 13.0. The van der Waals surface area contributed by atoms with E-state index < -0.39 is 50.3 Å². The average Bonchev–Trinajstić information content (AvgIpc) is 3.76. The molecule has 3 atom stereocenters. The van der Waals surface area contributed by atoms with Crippen molar-refractivity contribution in [1.29, 1.82) is 5.26 Å². The van der Waals surface area contributed by atoms with Gasteiger partial charge in [0, 0.05) is 36.9 Å². The largest absolute Gasteiger partial charge is 0.488 e. The lowest BCUT2D eigenvalue weighted by molar-refractivity contribution is 0.107. The van der Waals surface area contributed by atoms with Crippen LogP contribution in [-0.4, -0.2) is 80.0 Å². The SMILES string of the molecule is CC(C)[Si](C#C[C@H]1COc2c(Cl)c(-c3ccc(F)c4sc(N)c(C#N)c34)c(F)c3nc(OC[C@@]45CCCN4C[C@H](F)C5)nc(c23)N1CCC(F)F)(C(C)C)C(C)C. The van der Waals surface area contributed by atoms with E-state index in [4.69, 9.17) is 31.8 Å². The first-order valence-corrected chi connectivity index (χ1v) is 22.8. The van der Waals surface area contributed by atoms with Crippen LogP contribution in [0, 0.1) is 34.4 Å². The molecule has 0 amide bonds. The Morgan fingerprint density at radius 1 is 1.12 bits per heavy atom. The van der Waals surface area contributed by atoms with E-state index in [0.717, 1.165) is 23.8 Å². The van der Waals surface area contributed by atoms with Gasteiger partial charge in [-0.1, -0.05) is 65.1 Å². The number of nitrogens with zero attached hydrogens (tertiary/aromatic N) is 5. The van der Waals surface area contributed by atoms with Crippen molar-refractivity contribution in [2.24, 2.45) is 0 Å². The van der Waals surface area contributed by atoms with Gasteiger partial charge in [0.05, 0.1) is 26.2 Å². The van der Waals surface area contributed by atoms with Crippen LogP contribution in [0.5, 0.6) is 11.8 Å². The maximum Gasteiger partial charge on any atom is 0.319 e. The molecule has 16 heteroatoms. The molecular formula is C41H46ClF5N6O2SSi. The maximum absolute atomic E-state index is 17.5. The van der Waals surface area contributed by atoms with Gasteiger partial charge in [-0.3, -0.25) is 4.90 Å². The summed E-state index contributed by atoms with van der Waals surface area (Å²) in [5.41, 5.74) is 9.58. The number of ether oxygens (including phenoxy) is 2. The van der Waals surface area contributed by atoms with E-state index in [-0.39, 0.29) is 115 Å². The average molecular weight is 845 g/mol. The molecule has 2 aromatic heterocycles. The third-order valence-electron chi connectivity index (χ3n) is 12.3. The Kier molecular flexibility index (Phi) is 11.4. The van der Waals surface area contributed by atoms with Gasteiger partial charge in [0.1, 0.15) is 61.7 Å². The summed E-state index contributed by atoms with van der Waals surface area (Å²) >= 11 is 8.00. The molecule has 2 aromatic carbocycles. The predicted octanol–water partition coefficient (Wildman–Crippen LogP) is 10.3. The van der Waals surface area contributed by atoms with Crippen LogP contribution in [0.2, 0.25) is 21.6 Å². The van der Waals surface area contributed by atoms with Crippen molar-refractivity contribution < 1.29 is 31.4 Å². The molecule has 8 nitrogen and oxygen atoms in total. The van der Waals surface area contributed by atoms with Gasteiger partial charge in [-0.2, -0.15) is 15.2 Å². The fraction of sp³-hybridized carbons (Fsp3) is 0.537. The molecule has 57 heavy (non-hydrogen) atoms. The lowest BCUT2D eigenvalue weighted by Gasteiger charge is -2.38. The number of rotatable bonds is 10. The van der Waals surface area contributed by atoms with Crippen molar-refractivity contribution in [3.8, 4) is 40.4 Å². The van der Waals surface area contributed by atoms with E-state index in [1.807, 2.05) is 6.07 Å². The predicted molar refractivity (Wildman–Crippen MR) is 219 cm³/mol. The third-order valence-corrected chi connectivity index (χ3v) is 20.0. The molecule has 3 aliphatic heterocycles. The molecule has 4 aromatic rings. The van der Waals surface area contributed by atoms with Crippen molar-refractivity contribution in [1.82, 2.24) is 14.9 Å². The van der Waals surface area contributed by atoms with Gasteiger partial charge in [0.25, 0.3) is 0 Å². The minimum absolute atomic E-state index is 0.0214. The molecule has 2 saturated heterocycles. The Balaban J connectivity index is 1.48. The fourth-order valence-electron chi connectivity index (χ4n) is 9.69. The number of nitriles is 1. The Bertz CT molecular complexity index is 2300.